The molecular formula is C21H25ClN4O3. The van der Waals surface area contributed by atoms with Gasteiger partial charge in [0, 0.05) is 30.4 Å². The molecule has 0 radical (unpaired) electrons. The Morgan fingerprint density at radius 3 is 2.38 bits per heavy atom. The number of amides is 1. The molecule has 0 unspecified atom stereocenters. The molecule has 0 spiro atoms. The van der Waals surface area contributed by atoms with Crippen molar-refractivity contribution in [1.29, 1.82) is 0 Å². The van der Waals surface area contributed by atoms with Crippen molar-refractivity contribution in [1.82, 2.24) is 15.3 Å². The molecule has 0 atom stereocenters. The third-order valence-corrected chi connectivity index (χ3v) is 5.58. The van der Waals surface area contributed by atoms with Gasteiger partial charge < -0.3 is 19.7 Å². The maximum absolute atomic E-state index is 12.6. The smallest absolute Gasteiger partial charge is 0.316 e. The van der Waals surface area contributed by atoms with Gasteiger partial charge in [-0.05, 0) is 49.9 Å². The average molecular weight is 417 g/mol. The van der Waals surface area contributed by atoms with Crippen molar-refractivity contribution in [3.8, 4) is 6.01 Å². The molecule has 2 aromatic rings. The number of hydrogen-bond donors (Lipinski definition) is 1. The number of carbonyl (C=O) groups is 1. The number of nitrogens with one attached hydrogen (secondary N) is 1. The first kappa shape index (κ1) is 19.9. The number of morpholine rings is 1. The Morgan fingerprint density at radius 1 is 1.07 bits per heavy atom. The van der Waals surface area contributed by atoms with Gasteiger partial charge >= 0.3 is 6.01 Å². The van der Waals surface area contributed by atoms with Gasteiger partial charge in [-0.15, -0.1) is 0 Å². The minimum Gasteiger partial charge on any atom is -0.460 e. The van der Waals surface area contributed by atoms with Crippen LogP contribution in [0.1, 0.15) is 36.0 Å². The van der Waals surface area contributed by atoms with Crippen LogP contribution in [-0.4, -0.2) is 54.3 Å². The van der Waals surface area contributed by atoms with E-state index in [0.29, 0.717) is 16.6 Å². The molecule has 1 saturated heterocycles. The summed E-state index contributed by atoms with van der Waals surface area (Å²) >= 11 is 5.79. The number of aromatic nitrogens is 2. The number of halogens is 1. The lowest BCUT2D eigenvalue weighted by molar-refractivity contribution is 0.0885. The number of nitrogens with zero attached hydrogens (tertiary/aromatic N) is 3. The molecule has 154 valence electrons. The SMILES string of the molecule is O=C(NC1CCC(Oc2ncc(Cl)cn2)CC1)c1ccc(N2CCOCC2)cc1. The highest BCUT2D eigenvalue weighted by atomic mass is 35.5. The van der Waals surface area contributed by atoms with E-state index in [1.807, 2.05) is 24.3 Å². The van der Waals surface area contributed by atoms with Crippen molar-refractivity contribution < 1.29 is 14.3 Å². The number of hydrogen-bond acceptors (Lipinski definition) is 6. The molecule has 2 fully saturated rings. The van der Waals surface area contributed by atoms with E-state index in [1.54, 1.807) is 0 Å². The normalized spacial score (nSPS) is 22.2. The second-order valence-electron chi connectivity index (χ2n) is 7.40. The van der Waals surface area contributed by atoms with Crippen LogP contribution in [0, 0.1) is 0 Å². The van der Waals surface area contributed by atoms with E-state index in [1.165, 1.54) is 12.4 Å². The van der Waals surface area contributed by atoms with E-state index in [2.05, 4.69) is 20.2 Å². The molecule has 8 heteroatoms. The summed E-state index contributed by atoms with van der Waals surface area (Å²) < 4.78 is 11.2. The maximum atomic E-state index is 12.6. The molecule has 1 aliphatic carbocycles. The first-order valence-corrected chi connectivity index (χ1v) is 10.4. The van der Waals surface area contributed by atoms with Gasteiger partial charge in [0.05, 0.1) is 30.6 Å². The molecular weight excluding hydrogens is 392 g/mol. The van der Waals surface area contributed by atoms with Crippen molar-refractivity contribution in [2.75, 3.05) is 31.2 Å². The van der Waals surface area contributed by atoms with E-state index in [0.717, 1.165) is 57.7 Å². The molecule has 2 aliphatic rings. The van der Waals surface area contributed by atoms with Crippen molar-refractivity contribution in [3.63, 3.8) is 0 Å². The molecule has 0 bridgehead atoms. The predicted molar refractivity (Wildman–Crippen MR) is 111 cm³/mol. The number of carbonyl (C=O) groups excluding carboxylic acids is 1. The molecule has 1 amide bonds. The summed E-state index contributed by atoms with van der Waals surface area (Å²) in [6, 6.07) is 8.32. The first-order valence-electron chi connectivity index (χ1n) is 10.1. The molecule has 2 heterocycles. The van der Waals surface area contributed by atoms with Crippen LogP contribution in [0.2, 0.25) is 5.02 Å². The third kappa shape index (κ3) is 5.36. The average Bonchev–Trinajstić information content (AvgIpc) is 2.77. The van der Waals surface area contributed by atoms with Crippen molar-refractivity contribution in [2.24, 2.45) is 0 Å². The fourth-order valence-electron chi connectivity index (χ4n) is 3.75. The van der Waals surface area contributed by atoms with Crippen LogP contribution in [-0.2, 0) is 4.74 Å². The van der Waals surface area contributed by atoms with Gasteiger partial charge in [0.1, 0.15) is 6.10 Å². The second kappa shape index (κ2) is 9.41. The van der Waals surface area contributed by atoms with E-state index >= 15 is 0 Å². The van der Waals surface area contributed by atoms with Crippen LogP contribution >= 0.6 is 11.6 Å². The number of benzene rings is 1. The van der Waals surface area contributed by atoms with Gasteiger partial charge in [0.2, 0.25) is 0 Å². The lowest BCUT2D eigenvalue weighted by Crippen LogP contribution is -2.40. The summed E-state index contributed by atoms with van der Waals surface area (Å²) in [5, 5.41) is 3.64. The molecule has 1 aromatic heterocycles. The molecule has 1 N–H and O–H groups in total. The summed E-state index contributed by atoms with van der Waals surface area (Å²) in [7, 11) is 0. The van der Waals surface area contributed by atoms with Crippen LogP contribution in [0.15, 0.2) is 36.7 Å². The van der Waals surface area contributed by atoms with Crippen LogP contribution in [0.25, 0.3) is 0 Å². The number of ether oxygens (including phenoxy) is 2. The quantitative estimate of drug-likeness (QED) is 0.807. The largest absolute Gasteiger partial charge is 0.460 e. The van der Waals surface area contributed by atoms with Crippen LogP contribution < -0.4 is 15.0 Å². The van der Waals surface area contributed by atoms with Gasteiger partial charge in [-0.25, -0.2) is 9.97 Å². The Balaban J connectivity index is 1.24. The van der Waals surface area contributed by atoms with Gasteiger partial charge in [0.25, 0.3) is 5.91 Å². The summed E-state index contributed by atoms with van der Waals surface area (Å²) in [6.07, 6.45) is 6.57. The molecule has 29 heavy (non-hydrogen) atoms. The fourth-order valence-corrected chi connectivity index (χ4v) is 3.85. The fraction of sp³-hybridized carbons (Fsp3) is 0.476. The second-order valence-corrected chi connectivity index (χ2v) is 7.83. The third-order valence-electron chi connectivity index (χ3n) is 5.38. The zero-order valence-electron chi connectivity index (χ0n) is 16.2. The van der Waals surface area contributed by atoms with Crippen molar-refractivity contribution in [2.45, 2.75) is 37.8 Å². The van der Waals surface area contributed by atoms with Crippen LogP contribution in [0.3, 0.4) is 0 Å². The lowest BCUT2D eigenvalue weighted by Gasteiger charge is -2.29. The van der Waals surface area contributed by atoms with Gasteiger partial charge in [-0.2, -0.15) is 0 Å². The maximum Gasteiger partial charge on any atom is 0.316 e. The highest BCUT2D eigenvalue weighted by Crippen LogP contribution is 2.23. The van der Waals surface area contributed by atoms with Crippen molar-refractivity contribution >= 4 is 23.2 Å². The first-order chi connectivity index (χ1) is 14.2. The molecule has 1 aromatic carbocycles. The van der Waals surface area contributed by atoms with Gasteiger partial charge in [0.15, 0.2) is 0 Å². The van der Waals surface area contributed by atoms with Gasteiger partial charge in [-0.3, -0.25) is 4.79 Å². The molecule has 1 aliphatic heterocycles. The minimum absolute atomic E-state index is 0.0241. The van der Waals surface area contributed by atoms with E-state index in [-0.39, 0.29) is 18.1 Å². The standard InChI is InChI=1S/C21H25ClN4O3/c22-16-13-23-21(24-14-16)29-19-7-3-17(4-8-19)25-20(27)15-1-5-18(6-2-15)26-9-11-28-12-10-26/h1-2,5-6,13-14,17,19H,3-4,7-12H2,(H,25,27). The number of anilines is 1. The lowest BCUT2D eigenvalue weighted by atomic mass is 9.92. The van der Waals surface area contributed by atoms with Crippen molar-refractivity contribution in [3.05, 3.63) is 47.2 Å². The minimum atomic E-state index is -0.0241. The predicted octanol–water partition coefficient (Wildman–Crippen LogP) is 3.09. The Morgan fingerprint density at radius 2 is 1.72 bits per heavy atom. The summed E-state index contributed by atoms with van der Waals surface area (Å²) in [5.41, 5.74) is 1.82. The summed E-state index contributed by atoms with van der Waals surface area (Å²) in [4.78, 5) is 23.0. The molecule has 7 nitrogen and oxygen atoms in total. The van der Waals surface area contributed by atoms with E-state index in [9.17, 15) is 4.79 Å². The highest BCUT2D eigenvalue weighted by molar-refractivity contribution is 6.30. The topological polar surface area (TPSA) is 76.6 Å². The Hall–Kier alpha value is -2.38. The van der Waals surface area contributed by atoms with E-state index in [4.69, 9.17) is 21.1 Å². The molecule has 4 rings (SSSR count). The van der Waals surface area contributed by atoms with Crippen LogP contribution in [0.5, 0.6) is 6.01 Å². The monoisotopic (exact) mass is 416 g/mol. The summed E-state index contributed by atoms with van der Waals surface area (Å²) in [6.45, 7) is 3.27. The zero-order chi connectivity index (χ0) is 20.1. The van der Waals surface area contributed by atoms with E-state index < -0.39 is 0 Å². The van der Waals surface area contributed by atoms with Gasteiger partial charge in [-0.1, -0.05) is 11.6 Å². The summed E-state index contributed by atoms with van der Waals surface area (Å²) in [5.74, 6) is -0.0241. The molecule has 1 saturated carbocycles. The Kier molecular flexibility index (Phi) is 6.46. The Labute approximate surface area is 175 Å². The van der Waals surface area contributed by atoms with Crippen LogP contribution in [0.4, 0.5) is 5.69 Å². The Bertz CT molecular complexity index is 802. The zero-order valence-corrected chi connectivity index (χ0v) is 17.0. The number of rotatable bonds is 5. The highest BCUT2D eigenvalue weighted by Gasteiger charge is 2.24.